The van der Waals surface area contributed by atoms with Crippen LogP contribution < -0.4 is 0 Å². The Kier molecular flexibility index (Phi) is 8.92. The van der Waals surface area contributed by atoms with E-state index in [9.17, 15) is 14.0 Å². The lowest BCUT2D eigenvalue weighted by Crippen LogP contribution is -2.46. The Morgan fingerprint density at radius 3 is 2.29 bits per heavy atom. The van der Waals surface area contributed by atoms with Crippen LogP contribution in [0.3, 0.4) is 0 Å². The third kappa shape index (κ3) is 6.47. The van der Waals surface area contributed by atoms with Crippen LogP contribution in [0.25, 0.3) is 22.5 Å². The number of unbranched alkanes of at least 4 members (excludes halogenated alkanes) is 1. The van der Waals surface area contributed by atoms with Crippen molar-refractivity contribution in [2.24, 2.45) is 0 Å². The number of halogens is 1. The minimum absolute atomic E-state index is 0.129. The van der Waals surface area contributed by atoms with Gasteiger partial charge in [0, 0.05) is 24.9 Å². The number of ether oxygens (including phenoxy) is 1. The van der Waals surface area contributed by atoms with Gasteiger partial charge in [0.25, 0.3) is 0 Å². The van der Waals surface area contributed by atoms with Crippen molar-refractivity contribution < 1.29 is 18.7 Å². The highest BCUT2D eigenvalue weighted by molar-refractivity contribution is 5.85. The van der Waals surface area contributed by atoms with Crippen LogP contribution in [0, 0.1) is 5.82 Å². The first kappa shape index (κ1) is 26.7. The van der Waals surface area contributed by atoms with E-state index in [1.165, 1.54) is 19.2 Å². The standard InChI is InChI=1S/C29H30FN5O3/c1-3-4-9-27(36)35(26(29(37)38-2)18-20-12-16-23(30)17-13-20)19-21-10-14-22(15-11-21)24-7-5-6-8-25(24)28-31-33-34-32-28/h5-8,10-17,26H,3-4,9,18-19H2,1-2H3,(H,31,32,33,34)/t26-/m0/s1. The number of esters is 1. The summed E-state index contributed by atoms with van der Waals surface area (Å²) in [6.45, 7) is 2.25. The van der Waals surface area contributed by atoms with Crippen molar-refractivity contribution in [2.75, 3.05) is 7.11 Å². The van der Waals surface area contributed by atoms with E-state index in [0.717, 1.165) is 34.2 Å². The Bertz CT molecular complexity index is 1340. The SMILES string of the molecule is CCCCC(=O)N(Cc1ccc(-c2ccccc2-c2nn[nH]n2)cc1)[C@@H](Cc1ccc(F)cc1)C(=O)OC. The molecule has 1 atom stereocenters. The number of hydrogen-bond acceptors (Lipinski definition) is 6. The largest absolute Gasteiger partial charge is 0.467 e. The van der Waals surface area contributed by atoms with Gasteiger partial charge in [0.05, 0.1) is 7.11 Å². The van der Waals surface area contributed by atoms with Crippen molar-refractivity contribution in [3.8, 4) is 22.5 Å². The highest BCUT2D eigenvalue weighted by Crippen LogP contribution is 2.30. The number of H-pyrrole nitrogens is 1. The van der Waals surface area contributed by atoms with Crippen LogP contribution in [0.1, 0.15) is 37.3 Å². The van der Waals surface area contributed by atoms with Crippen molar-refractivity contribution >= 4 is 11.9 Å². The second kappa shape index (κ2) is 12.7. The van der Waals surface area contributed by atoms with E-state index in [-0.39, 0.29) is 24.7 Å². The summed E-state index contributed by atoms with van der Waals surface area (Å²) in [6, 6.07) is 20.7. The second-order valence-corrected chi connectivity index (χ2v) is 8.97. The number of methoxy groups -OCH3 is 1. The molecule has 8 nitrogen and oxygen atoms in total. The summed E-state index contributed by atoms with van der Waals surface area (Å²) in [5, 5.41) is 14.3. The fourth-order valence-electron chi connectivity index (χ4n) is 4.34. The molecule has 1 N–H and O–H groups in total. The maximum atomic E-state index is 13.5. The third-order valence-electron chi connectivity index (χ3n) is 6.39. The zero-order valence-corrected chi connectivity index (χ0v) is 21.4. The average molecular weight is 516 g/mol. The number of hydrogen-bond donors (Lipinski definition) is 1. The van der Waals surface area contributed by atoms with Gasteiger partial charge in [-0.2, -0.15) is 5.21 Å². The molecule has 4 rings (SSSR count). The lowest BCUT2D eigenvalue weighted by Gasteiger charge is -2.30. The molecule has 0 fully saturated rings. The van der Waals surface area contributed by atoms with Gasteiger partial charge < -0.3 is 9.64 Å². The molecule has 1 amide bonds. The summed E-state index contributed by atoms with van der Waals surface area (Å²) in [5.41, 5.74) is 4.34. The normalized spacial score (nSPS) is 11.7. The molecule has 1 heterocycles. The maximum absolute atomic E-state index is 13.5. The minimum Gasteiger partial charge on any atom is -0.467 e. The Morgan fingerprint density at radius 2 is 1.66 bits per heavy atom. The van der Waals surface area contributed by atoms with Crippen LogP contribution >= 0.6 is 0 Å². The van der Waals surface area contributed by atoms with Gasteiger partial charge in [0.1, 0.15) is 11.9 Å². The third-order valence-corrected chi connectivity index (χ3v) is 6.39. The number of aromatic nitrogens is 4. The summed E-state index contributed by atoms with van der Waals surface area (Å²) in [4.78, 5) is 27.8. The molecule has 4 aromatic rings. The van der Waals surface area contributed by atoms with Crippen LogP contribution in [0.5, 0.6) is 0 Å². The lowest BCUT2D eigenvalue weighted by atomic mass is 9.97. The van der Waals surface area contributed by atoms with Gasteiger partial charge >= 0.3 is 5.97 Å². The van der Waals surface area contributed by atoms with Crippen LogP contribution in [-0.4, -0.2) is 50.6 Å². The number of amides is 1. The number of aromatic amines is 1. The summed E-state index contributed by atoms with van der Waals surface area (Å²) in [5.74, 6) is -0.500. The maximum Gasteiger partial charge on any atom is 0.328 e. The molecule has 9 heteroatoms. The van der Waals surface area contributed by atoms with Gasteiger partial charge in [-0.05, 0) is 46.0 Å². The van der Waals surface area contributed by atoms with Gasteiger partial charge in [-0.1, -0.05) is 74.0 Å². The number of carbonyl (C=O) groups excluding carboxylic acids is 2. The molecule has 0 radical (unpaired) electrons. The highest BCUT2D eigenvalue weighted by atomic mass is 19.1. The number of nitrogens with one attached hydrogen (secondary N) is 1. The smallest absolute Gasteiger partial charge is 0.328 e. The summed E-state index contributed by atoms with van der Waals surface area (Å²) in [7, 11) is 1.31. The van der Waals surface area contributed by atoms with E-state index < -0.39 is 12.0 Å². The fraction of sp³-hybridized carbons (Fsp3) is 0.276. The molecule has 0 spiro atoms. The van der Waals surface area contributed by atoms with Gasteiger partial charge in [0.2, 0.25) is 11.7 Å². The quantitative estimate of drug-likeness (QED) is 0.283. The molecule has 0 saturated carbocycles. The average Bonchev–Trinajstić information content (AvgIpc) is 3.49. The molecular weight excluding hydrogens is 485 g/mol. The Labute approximate surface area is 220 Å². The van der Waals surface area contributed by atoms with Gasteiger partial charge in [-0.25, -0.2) is 9.18 Å². The number of nitrogens with zero attached hydrogens (tertiary/aromatic N) is 4. The molecule has 0 unspecified atom stereocenters. The Balaban J connectivity index is 1.62. The summed E-state index contributed by atoms with van der Waals surface area (Å²) in [6.07, 6.45) is 2.12. The van der Waals surface area contributed by atoms with Crippen molar-refractivity contribution in [3.05, 3.63) is 89.7 Å². The summed E-state index contributed by atoms with van der Waals surface area (Å²) < 4.78 is 18.5. The molecule has 0 saturated heterocycles. The van der Waals surface area contributed by atoms with Crippen molar-refractivity contribution in [3.63, 3.8) is 0 Å². The predicted molar refractivity (Wildman–Crippen MR) is 141 cm³/mol. The molecule has 0 aliphatic carbocycles. The molecule has 0 aliphatic heterocycles. The van der Waals surface area contributed by atoms with Crippen LogP contribution in [0.15, 0.2) is 72.8 Å². The van der Waals surface area contributed by atoms with Crippen molar-refractivity contribution in [1.82, 2.24) is 25.5 Å². The molecule has 196 valence electrons. The Morgan fingerprint density at radius 1 is 0.974 bits per heavy atom. The molecule has 1 aromatic heterocycles. The fourth-order valence-corrected chi connectivity index (χ4v) is 4.34. The number of benzene rings is 3. The Hall–Kier alpha value is -4.40. The summed E-state index contributed by atoms with van der Waals surface area (Å²) >= 11 is 0. The molecule has 38 heavy (non-hydrogen) atoms. The molecule has 3 aromatic carbocycles. The van der Waals surface area contributed by atoms with E-state index in [1.54, 1.807) is 17.0 Å². The van der Waals surface area contributed by atoms with E-state index in [1.807, 2.05) is 55.5 Å². The van der Waals surface area contributed by atoms with Crippen LogP contribution in [0.2, 0.25) is 0 Å². The van der Waals surface area contributed by atoms with E-state index in [2.05, 4.69) is 20.6 Å². The first-order valence-corrected chi connectivity index (χ1v) is 12.5. The topological polar surface area (TPSA) is 101 Å². The number of carbonyl (C=O) groups is 2. The molecule has 0 aliphatic rings. The molecular formula is C29H30FN5O3. The van der Waals surface area contributed by atoms with E-state index in [0.29, 0.717) is 18.7 Å². The zero-order chi connectivity index (χ0) is 26.9. The molecule has 0 bridgehead atoms. The highest BCUT2D eigenvalue weighted by Gasteiger charge is 2.31. The predicted octanol–water partition coefficient (Wildman–Crippen LogP) is 4.98. The second-order valence-electron chi connectivity index (χ2n) is 8.97. The monoisotopic (exact) mass is 515 g/mol. The van der Waals surface area contributed by atoms with Gasteiger partial charge in [-0.3, -0.25) is 4.79 Å². The van der Waals surface area contributed by atoms with Crippen molar-refractivity contribution in [2.45, 2.75) is 45.2 Å². The minimum atomic E-state index is -0.839. The van der Waals surface area contributed by atoms with E-state index in [4.69, 9.17) is 4.74 Å². The van der Waals surface area contributed by atoms with Crippen LogP contribution in [0.4, 0.5) is 4.39 Å². The van der Waals surface area contributed by atoms with E-state index >= 15 is 0 Å². The van der Waals surface area contributed by atoms with Gasteiger partial charge in [-0.15, -0.1) is 10.2 Å². The zero-order valence-electron chi connectivity index (χ0n) is 21.4. The van der Waals surface area contributed by atoms with Crippen LogP contribution in [-0.2, 0) is 27.3 Å². The van der Waals surface area contributed by atoms with Gasteiger partial charge in [0.15, 0.2) is 0 Å². The first-order chi connectivity index (χ1) is 18.5. The lowest BCUT2D eigenvalue weighted by molar-refractivity contribution is -0.153. The first-order valence-electron chi connectivity index (χ1n) is 12.5. The number of tetrazole rings is 1. The number of rotatable bonds is 11. The van der Waals surface area contributed by atoms with Crippen molar-refractivity contribution in [1.29, 1.82) is 0 Å².